The van der Waals surface area contributed by atoms with Gasteiger partial charge in [0.1, 0.15) is 0 Å². The fourth-order valence-electron chi connectivity index (χ4n) is 3.49. The number of fused-ring (bicyclic) bond motifs is 1. The summed E-state index contributed by atoms with van der Waals surface area (Å²) >= 11 is 0. The minimum Gasteiger partial charge on any atom is -0.326 e. The van der Waals surface area contributed by atoms with E-state index in [0.717, 1.165) is 36.1 Å². The molecule has 0 saturated heterocycles. The van der Waals surface area contributed by atoms with Crippen molar-refractivity contribution in [1.82, 2.24) is 0 Å². The summed E-state index contributed by atoms with van der Waals surface area (Å²) in [6.07, 6.45) is 9.54. The number of rotatable bonds is 2. The Bertz CT molecular complexity index is 542. The number of hydrogen-bond donors (Lipinski definition) is 1. The van der Waals surface area contributed by atoms with Crippen LogP contribution in [-0.4, -0.2) is 11.7 Å². The molecule has 1 aromatic carbocycles. The maximum Gasteiger partial charge on any atom is 0.224 e. The minimum absolute atomic E-state index is 0.0709. The summed E-state index contributed by atoms with van der Waals surface area (Å²) in [5, 5.41) is 2.87. The Morgan fingerprint density at radius 2 is 1.71 bits per heavy atom. The number of ketones is 1. The van der Waals surface area contributed by atoms with Crippen molar-refractivity contribution in [3.8, 4) is 0 Å². The molecule has 21 heavy (non-hydrogen) atoms. The standard InChI is InChI=1S/C18H23NO2/c20-17-11-9-14-12-15(8-10-16(14)19-17)18(21)13-6-4-2-1-3-5-7-13/h8,10,12-13H,1-7,9,11H2,(H,19,20). The lowest BCUT2D eigenvalue weighted by Crippen LogP contribution is -2.20. The van der Waals surface area contributed by atoms with Crippen LogP contribution in [0.15, 0.2) is 18.2 Å². The van der Waals surface area contributed by atoms with Gasteiger partial charge >= 0.3 is 0 Å². The highest BCUT2D eigenvalue weighted by molar-refractivity contribution is 6.00. The van der Waals surface area contributed by atoms with Crippen LogP contribution in [0.4, 0.5) is 5.69 Å². The summed E-state index contributed by atoms with van der Waals surface area (Å²) in [5.41, 5.74) is 2.81. The molecule has 1 fully saturated rings. The van der Waals surface area contributed by atoms with Gasteiger partial charge in [-0.3, -0.25) is 9.59 Å². The maximum absolute atomic E-state index is 12.7. The number of hydrogen-bond acceptors (Lipinski definition) is 2. The van der Waals surface area contributed by atoms with Crippen LogP contribution >= 0.6 is 0 Å². The second kappa shape index (κ2) is 6.42. The lowest BCUT2D eigenvalue weighted by molar-refractivity contribution is -0.116. The number of carbonyl (C=O) groups excluding carboxylic acids is 2. The van der Waals surface area contributed by atoms with E-state index < -0.39 is 0 Å². The van der Waals surface area contributed by atoms with E-state index >= 15 is 0 Å². The molecule has 0 radical (unpaired) electrons. The van der Waals surface area contributed by atoms with Crippen molar-refractivity contribution in [3.05, 3.63) is 29.3 Å². The lowest BCUT2D eigenvalue weighted by Gasteiger charge is -2.21. The summed E-state index contributed by atoms with van der Waals surface area (Å²) in [7, 11) is 0. The fourth-order valence-corrected chi connectivity index (χ4v) is 3.49. The molecular weight excluding hydrogens is 262 g/mol. The van der Waals surface area contributed by atoms with Gasteiger partial charge in [-0.1, -0.05) is 32.1 Å². The molecule has 0 spiro atoms. The molecule has 3 nitrogen and oxygen atoms in total. The van der Waals surface area contributed by atoms with Crippen LogP contribution in [0.2, 0.25) is 0 Å². The quantitative estimate of drug-likeness (QED) is 0.831. The molecule has 1 N–H and O–H groups in total. The topological polar surface area (TPSA) is 46.2 Å². The number of amides is 1. The first-order valence-electron chi connectivity index (χ1n) is 8.21. The van der Waals surface area contributed by atoms with Crippen LogP contribution in [-0.2, 0) is 11.2 Å². The predicted molar refractivity (Wildman–Crippen MR) is 83.5 cm³/mol. The summed E-state index contributed by atoms with van der Waals surface area (Å²) in [6.45, 7) is 0. The van der Waals surface area contributed by atoms with Crippen LogP contribution in [0.1, 0.15) is 67.3 Å². The van der Waals surface area contributed by atoms with Gasteiger partial charge in [-0.25, -0.2) is 0 Å². The Balaban J connectivity index is 1.76. The molecule has 0 bridgehead atoms. The third-order valence-corrected chi connectivity index (χ3v) is 4.76. The Morgan fingerprint density at radius 3 is 2.48 bits per heavy atom. The van der Waals surface area contributed by atoms with E-state index in [9.17, 15) is 9.59 Å². The molecule has 1 amide bonds. The first kappa shape index (κ1) is 14.3. The highest BCUT2D eigenvalue weighted by atomic mass is 16.1. The molecule has 1 heterocycles. The molecule has 3 heteroatoms. The molecular formula is C18H23NO2. The second-order valence-electron chi connectivity index (χ2n) is 6.33. The molecule has 3 rings (SSSR count). The van der Waals surface area contributed by atoms with Crippen molar-refractivity contribution in [2.45, 2.75) is 57.8 Å². The molecule has 1 aliphatic carbocycles. The Labute approximate surface area is 126 Å². The molecule has 1 aromatic rings. The van der Waals surface area contributed by atoms with Crippen LogP contribution in [0.25, 0.3) is 0 Å². The van der Waals surface area contributed by atoms with E-state index in [1.54, 1.807) is 0 Å². The Morgan fingerprint density at radius 1 is 1.00 bits per heavy atom. The number of aryl methyl sites for hydroxylation is 1. The van der Waals surface area contributed by atoms with Crippen molar-refractivity contribution in [1.29, 1.82) is 0 Å². The zero-order valence-corrected chi connectivity index (χ0v) is 12.5. The van der Waals surface area contributed by atoms with Gasteiger partial charge < -0.3 is 5.32 Å². The Kier molecular flexibility index (Phi) is 4.37. The fraction of sp³-hybridized carbons (Fsp3) is 0.556. The molecule has 112 valence electrons. The normalized spacial score (nSPS) is 20.1. The van der Waals surface area contributed by atoms with E-state index in [4.69, 9.17) is 0 Å². The molecule has 2 aliphatic rings. The first-order chi connectivity index (χ1) is 10.2. The van der Waals surface area contributed by atoms with Crippen molar-refractivity contribution in [2.75, 3.05) is 5.32 Å². The number of carbonyl (C=O) groups is 2. The van der Waals surface area contributed by atoms with Crippen molar-refractivity contribution in [2.24, 2.45) is 5.92 Å². The van der Waals surface area contributed by atoms with Crippen molar-refractivity contribution in [3.63, 3.8) is 0 Å². The predicted octanol–water partition coefficient (Wildman–Crippen LogP) is 4.11. The van der Waals surface area contributed by atoms with E-state index in [1.807, 2.05) is 18.2 Å². The highest BCUT2D eigenvalue weighted by Gasteiger charge is 2.22. The zero-order chi connectivity index (χ0) is 14.7. The summed E-state index contributed by atoms with van der Waals surface area (Å²) in [5.74, 6) is 0.569. The molecule has 1 saturated carbocycles. The van der Waals surface area contributed by atoms with Gasteiger partial charge in [0.2, 0.25) is 5.91 Å². The summed E-state index contributed by atoms with van der Waals surface area (Å²) in [4.78, 5) is 24.1. The Hall–Kier alpha value is -1.64. The van der Waals surface area contributed by atoms with E-state index in [2.05, 4.69) is 5.32 Å². The van der Waals surface area contributed by atoms with Crippen molar-refractivity contribution < 1.29 is 9.59 Å². The molecule has 0 atom stereocenters. The average Bonchev–Trinajstić information content (AvgIpc) is 2.46. The SMILES string of the molecule is O=C1CCc2cc(C(=O)C3CCCCCCC3)ccc2N1. The van der Waals surface area contributed by atoms with Gasteiger partial charge in [0.15, 0.2) is 5.78 Å². The highest BCUT2D eigenvalue weighted by Crippen LogP contribution is 2.28. The molecule has 0 unspecified atom stereocenters. The number of Topliss-reactive ketones (excluding diaryl/α,β-unsaturated/α-hetero) is 1. The number of nitrogens with one attached hydrogen (secondary N) is 1. The third-order valence-electron chi connectivity index (χ3n) is 4.76. The van der Waals surface area contributed by atoms with Crippen molar-refractivity contribution >= 4 is 17.4 Å². The van der Waals surface area contributed by atoms with Crippen LogP contribution in [0.3, 0.4) is 0 Å². The number of benzene rings is 1. The van der Waals surface area contributed by atoms with Crippen LogP contribution in [0.5, 0.6) is 0 Å². The second-order valence-corrected chi connectivity index (χ2v) is 6.33. The third kappa shape index (κ3) is 3.34. The van der Waals surface area contributed by atoms with Crippen LogP contribution in [0, 0.1) is 5.92 Å². The smallest absolute Gasteiger partial charge is 0.224 e. The first-order valence-corrected chi connectivity index (χ1v) is 8.21. The van der Waals surface area contributed by atoms with Gasteiger partial charge in [0, 0.05) is 23.6 Å². The molecule has 1 aliphatic heterocycles. The number of anilines is 1. The van der Waals surface area contributed by atoms with Gasteiger partial charge in [0.05, 0.1) is 0 Å². The average molecular weight is 285 g/mol. The zero-order valence-electron chi connectivity index (χ0n) is 12.5. The van der Waals surface area contributed by atoms with Gasteiger partial charge in [-0.15, -0.1) is 0 Å². The maximum atomic E-state index is 12.7. The van der Waals surface area contributed by atoms with Gasteiger partial charge in [-0.05, 0) is 43.0 Å². The van der Waals surface area contributed by atoms with E-state index in [-0.39, 0.29) is 11.8 Å². The minimum atomic E-state index is 0.0709. The lowest BCUT2D eigenvalue weighted by atomic mass is 9.85. The van der Waals surface area contributed by atoms with E-state index in [1.165, 1.54) is 32.1 Å². The van der Waals surface area contributed by atoms with Gasteiger partial charge in [0.25, 0.3) is 0 Å². The monoisotopic (exact) mass is 285 g/mol. The van der Waals surface area contributed by atoms with E-state index in [0.29, 0.717) is 12.2 Å². The summed E-state index contributed by atoms with van der Waals surface area (Å²) < 4.78 is 0. The summed E-state index contributed by atoms with van der Waals surface area (Å²) in [6, 6.07) is 5.77. The molecule has 0 aromatic heterocycles. The van der Waals surface area contributed by atoms with Gasteiger partial charge in [-0.2, -0.15) is 0 Å². The largest absolute Gasteiger partial charge is 0.326 e. The van der Waals surface area contributed by atoms with Crippen LogP contribution < -0.4 is 5.32 Å².